The maximum absolute atomic E-state index is 13.9. The van der Waals surface area contributed by atoms with E-state index < -0.39 is 23.7 Å². The van der Waals surface area contributed by atoms with Gasteiger partial charge in [-0.1, -0.05) is 33.6 Å². The van der Waals surface area contributed by atoms with Crippen molar-refractivity contribution in [3.05, 3.63) is 103 Å². The highest BCUT2D eigenvalue weighted by atomic mass is 79.9. The van der Waals surface area contributed by atoms with Crippen molar-refractivity contribution < 1.29 is 18.0 Å². The van der Waals surface area contributed by atoms with Crippen LogP contribution in [0.2, 0.25) is 0 Å². The van der Waals surface area contributed by atoms with Crippen LogP contribution in [-0.4, -0.2) is 36.2 Å². The average molecular weight is 600 g/mol. The topological polar surface area (TPSA) is 73.0 Å². The van der Waals surface area contributed by atoms with Gasteiger partial charge in [-0.25, -0.2) is 14.2 Å². The summed E-state index contributed by atoms with van der Waals surface area (Å²) in [7, 11) is 0. The van der Waals surface area contributed by atoms with Crippen LogP contribution in [0.3, 0.4) is 0 Å². The van der Waals surface area contributed by atoms with Crippen LogP contribution in [0.5, 0.6) is 0 Å². The number of aromatic nitrogens is 4. The zero-order chi connectivity index (χ0) is 28.2. The van der Waals surface area contributed by atoms with E-state index in [1.54, 1.807) is 11.6 Å². The zero-order valence-electron chi connectivity index (χ0n) is 21.7. The van der Waals surface area contributed by atoms with Crippen molar-refractivity contribution in [2.24, 2.45) is 0 Å². The molecule has 0 aliphatic carbocycles. The van der Waals surface area contributed by atoms with Crippen molar-refractivity contribution in [1.82, 2.24) is 24.2 Å². The van der Waals surface area contributed by atoms with E-state index in [9.17, 15) is 22.8 Å². The molecule has 0 unspecified atom stereocenters. The van der Waals surface area contributed by atoms with Crippen molar-refractivity contribution >= 4 is 21.8 Å². The molecule has 11 heteroatoms. The summed E-state index contributed by atoms with van der Waals surface area (Å²) in [6.45, 7) is 7.40. The Morgan fingerprint density at radius 2 is 1.74 bits per heavy atom. The molecular weight excluding hydrogens is 575 g/mol. The lowest BCUT2D eigenvalue weighted by Gasteiger charge is -2.34. The van der Waals surface area contributed by atoms with Gasteiger partial charge in [0.25, 0.3) is 11.5 Å². The lowest BCUT2D eigenvalue weighted by molar-refractivity contribution is -0.138. The molecule has 0 N–H and O–H groups in total. The van der Waals surface area contributed by atoms with Crippen molar-refractivity contribution in [3.8, 4) is 11.6 Å². The van der Waals surface area contributed by atoms with Gasteiger partial charge in [0.05, 0.1) is 29.2 Å². The van der Waals surface area contributed by atoms with E-state index in [2.05, 4.69) is 21.0 Å². The number of alkyl halides is 3. The minimum atomic E-state index is -4.62. The standard InChI is InChI=1S/C28H25BrF3N5O2/c1-15-5-8-20(9-6-15)36-26(39)21-12-17(3)35(14-24(21)33-27(36)37-18(4)11-16(2)34-37)25(38)19-7-10-23(29)22(13-19)28(30,31)32/h5-11,13,17H,12,14H2,1-4H3/t17-/m1/s1. The Balaban J connectivity index is 1.62. The van der Waals surface area contributed by atoms with Gasteiger partial charge >= 0.3 is 6.18 Å². The number of hydrogen-bond donors (Lipinski definition) is 0. The van der Waals surface area contributed by atoms with E-state index in [4.69, 9.17) is 4.98 Å². The first kappa shape index (κ1) is 26.9. The van der Waals surface area contributed by atoms with Crippen LogP contribution in [0, 0.1) is 20.8 Å². The summed E-state index contributed by atoms with van der Waals surface area (Å²) in [6, 6.07) is 12.3. The van der Waals surface area contributed by atoms with Crippen LogP contribution in [0.4, 0.5) is 13.2 Å². The molecule has 2 aromatic carbocycles. The molecule has 202 valence electrons. The first-order chi connectivity index (χ1) is 18.3. The normalized spacial score (nSPS) is 15.4. The molecule has 0 radical (unpaired) electrons. The van der Waals surface area contributed by atoms with Crippen molar-refractivity contribution in [2.75, 3.05) is 0 Å². The number of amides is 1. The molecule has 0 spiro atoms. The fraction of sp³-hybridized carbons (Fsp3) is 0.286. The fourth-order valence-corrected chi connectivity index (χ4v) is 5.33. The molecule has 0 saturated heterocycles. The Kier molecular flexibility index (Phi) is 6.74. The average Bonchev–Trinajstić information content (AvgIpc) is 3.21. The summed E-state index contributed by atoms with van der Waals surface area (Å²) in [5, 5.41) is 4.53. The van der Waals surface area contributed by atoms with Crippen LogP contribution in [0.25, 0.3) is 11.6 Å². The number of carbonyl (C=O) groups is 1. The number of nitrogens with zero attached hydrogens (tertiary/aromatic N) is 5. The zero-order valence-corrected chi connectivity index (χ0v) is 23.3. The number of hydrogen-bond acceptors (Lipinski definition) is 4. The van der Waals surface area contributed by atoms with E-state index in [1.807, 2.05) is 51.1 Å². The van der Waals surface area contributed by atoms with E-state index in [-0.39, 0.29) is 34.5 Å². The summed E-state index contributed by atoms with van der Waals surface area (Å²) in [4.78, 5) is 33.7. The summed E-state index contributed by atoms with van der Waals surface area (Å²) in [5.74, 6) is -0.290. The summed E-state index contributed by atoms with van der Waals surface area (Å²) >= 11 is 2.92. The highest BCUT2D eigenvalue weighted by molar-refractivity contribution is 9.10. The largest absolute Gasteiger partial charge is 0.417 e. The first-order valence-corrected chi connectivity index (χ1v) is 13.1. The van der Waals surface area contributed by atoms with Crippen LogP contribution < -0.4 is 5.56 Å². The molecule has 1 amide bonds. The monoisotopic (exact) mass is 599 g/mol. The molecule has 5 rings (SSSR count). The molecule has 3 heterocycles. The third kappa shape index (κ3) is 4.91. The molecule has 1 aliphatic rings. The predicted octanol–water partition coefficient (Wildman–Crippen LogP) is 5.71. The maximum atomic E-state index is 13.9. The van der Waals surface area contributed by atoms with Gasteiger partial charge in [-0.2, -0.15) is 18.3 Å². The minimum absolute atomic E-state index is 0.0248. The molecular formula is C28H25BrF3N5O2. The second kappa shape index (κ2) is 9.78. The van der Waals surface area contributed by atoms with Gasteiger partial charge in [-0.15, -0.1) is 0 Å². The Morgan fingerprint density at radius 1 is 1.05 bits per heavy atom. The molecule has 1 atom stereocenters. The SMILES string of the molecule is Cc1ccc(-n2c(-n3nc(C)cc3C)nc3c(c2=O)C[C@@H](C)N(C(=O)c2ccc(Br)c(C(F)(F)F)c2)C3)cc1. The smallest absolute Gasteiger partial charge is 0.330 e. The molecule has 2 aromatic heterocycles. The van der Waals surface area contributed by atoms with E-state index in [0.29, 0.717) is 16.9 Å². The summed E-state index contributed by atoms with van der Waals surface area (Å²) in [6.07, 6.45) is -4.41. The van der Waals surface area contributed by atoms with Crippen LogP contribution >= 0.6 is 15.9 Å². The van der Waals surface area contributed by atoms with Gasteiger partial charge in [0, 0.05) is 27.3 Å². The molecule has 0 fully saturated rings. The highest BCUT2D eigenvalue weighted by Crippen LogP contribution is 2.36. The summed E-state index contributed by atoms with van der Waals surface area (Å²) in [5.41, 5.74) is 2.75. The molecule has 4 aromatic rings. The van der Waals surface area contributed by atoms with Gasteiger partial charge in [0.15, 0.2) is 0 Å². The Labute approximate surface area is 231 Å². The predicted molar refractivity (Wildman–Crippen MR) is 143 cm³/mol. The number of fused-ring (bicyclic) bond motifs is 1. The van der Waals surface area contributed by atoms with Crippen molar-refractivity contribution in [3.63, 3.8) is 0 Å². The van der Waals surface area contributed by atoms with Gasteiger partial charge in [0.2, 0.25) is 5.95 Å². The lowest BCUT2D eigenvalue weighted by Crippen LogP contribution is -2.46. The maximum Gasteiger partial charge on any atom is 0.417 e. The fourth-order valence-electron chi connectivity index (χ4n) is 4.86. The van der Waals surface area contributed by atoms with Gasteiger partial charge in [0.1, 0.15) is 0 Å². The van der Waals surface area contributed by atoms with Crippen molar-refractivity contribution in [1.29, 1.82) is 0 Å². The number of aryl methyl sites for hydroxylation is 3. The molecule has 7 nitrogen and oxygen atoms in total. The molecule has 0 saturated carbocycles. The second-order valence-electron chi connectivity index (χ2n) is 9.83. The number of benzene rings is 2. The molecule has 0 bridgehead atoms. The lowest BCUT2D eigenvalue weighted by atomic mass is 9.98. The van der Waals surface area contributed by atoms with E-state index >= 15 is 0 Å². The highest BCUT2D eigenvalue weighted by Gasteiger charge is 2.36. The Morgan fingerprint density at radius 3 is 2.36 bits per heavy atom. The number of carbonyl (C=O) groups excluding carboxylic acids is 1. The van der Waals surface area contributed by atoms with E-state index in [1.165, 1.54) is 21.6 Å². The number of halogens is 4. The third-order valence-electron chi connectivity index (χ3n) is 6.87. The molecule has 39 heavy (non-hydrogen) atoms. The van der Waals surface area contributed by atoms with Crippen LogP contribution in [0.15, 0.2) is 57.8 Å². The van der Waals surface area contributed by atoms with Gasteiger partial charge < -0.3 is 4.90 Å². The van der Waals surface area contributed by atoms with Crippen LogP contribution in [-0.2, 0) is 19.1 Å². The summed E-state index contributed by atoms with van der Waals surface area (Å²) < 4.78 is 43.4. The molecule has 1 aliphatic heterocycles. The Hall–Kier alpha value is -3.73. The number of rotatable bonds is 3. The third-order valence-corrected chi connectivity index (χ3v) is 7.56. The van der Waals surface area contributed by atoms with Crippen LogP contribution in [0.1, 0.15) is 51.1 Å². The van der Waals surface area contributed by atoms with Gasteiger partial charge in [-0.05, 0) is 70.5 Å². The van der Waals surface area contributed by atoms with Crippen molar-refractivity contribution in [2.45, 2.75) is 52.9 Å². The Bertz CT molecular complexity index is 1660. The van der Waals surface area contributed by atoms with Gasteiger partial charge in [-0.3, -0.25) is 9.59 Å². The minimum Gasteiger partial charge on any atom is -0.330 e. The quantitative estimate of drug-likeness (QED) is 0.302. The first-order valence-electron chi connectivity index (χ1n) is 12.3. The second-order valence-corrected chi connectivity index (χ2v) is 10.7. The van der Waals surface area contributed by atoms with E-state index in [0.717, 1.165) is 23.0 Å².